The third-order valence-electron chi connectivity index (χ3n) is 14.6. The normalized spacial score (nSPS) is 35.7. The zero-order valence-corrected chi connectivity index (χ0v) is 38.7. The summed E-state index contributed by atoms with van der Waals surface area (Å²) in [6.07, 6.45) is -6.65. The largest absolute Gasteiger partial charge is 0.465 e. The number of morpholine rings is 1. The topological polar surface area (TPSA) is 211 Å². The van der Waals surface area contributed by atoms with E-state index in [1.54, 1.807) is 65.0 Å². The number of nitrogens with zero attached hydrogens (tertiary/aromatic N) is 2. The van der Waals surface area contributed by atoms with Crippen molar-refractivity contribution < 1.29 is 71.7 Å². The number of alkyl carbamates (subject to hydrolysis) is 1. The molecule has 360 valence electrons. The van der Waals surface area contributed by atoms with Crippen LogP contribution in [0.25, 0.3) is 0 Å². The van der Waals surface area contributed by atoms with Gasteiger partial charge in [-0.05, 0) is 63.5 Å². The van der Waals surface area contributed by atoms with Crippen LogP contribution in [-0.4, -0.2) is 137 Å². The lowest BCUT2D eigenvalue weighted by Gasteiger charge is -2.67. The molecule has 6 aliphatic rings. The van der Waals surface area contributed by atoms with Gasteiger partial charge in [-0.3, -0.25) is 14.7 Å². The molecule has 8 rings (SSSR count). The van der Waals surface area contributed by atoms with E-state index in [1.165, 1.54) is 19.2 Å². The number of rotatable bonds is 10. The quantitative estimate of drug-likeness (QED) is 0.221. The number of nitrogens with one attached hydrogen (secondary N) is 1. The van der Waals surface area contributed by atoms with Gasteiger partial charge in [-0.25, -0.2) is 18.8 Å². The highest BCUT2D eigenvalue weighted by Crippen LogP contribution is 2.67. The Morgan fingerprint density at radius 2 is 1.76 bits per heavy atom. The average molecular weight is 924 g/mol. The molecule has 2 bridgehead atoms. The van der Waals surface area contributed by atoms with Gasteiger partial charge in [0.15, 0.2) is 11.7 Å². The van der Waals surface area contributed by atoms with Crippen LogP contribution >= 0.6 is 0 Å². The number of benzene rings is 1. The van der Waals surface area contributed by atoms with E-state index >= 15 is 4.39 Å². The molecule has 1 amide bonds. The van der Waals surface area contributed by atoms with E-state index in [2.05, 4.69) is 15.2 Å². The number of ether oxygens (including phenoxy) is 8. The Hall–Kier alpha value is -4.72. The highest BCUT2D eigenvalue weighted by molar-refractivity contribution is 5.89. The predicted molar refractivity (Wildman–Crippen MR) is 229 cm³/mol. The fourth-order valence-electron chi connectivity index (χ4n) is 11.4. The summed E-state index contributed by atoms with van der Waals surface area (Å²) in [6, 6.07) is 8.90. The van der Waals surface area contributed by atoms with E-state index < -0.39 is 118 Å². The standard InChI is InChI=1S/C48H62FN3O14/c1-26-30(61-42(56)36(54)35(34-29(49)15-12-18-50-34)51-43(57)66-44(3,4)5)23-48(58)40(64-41(55)28-13-10-9-11-14-28)38-46(8,17-16-31-47(38,25-60-31)65-27(2)53)39-37(33(26)45(48,6)7)62-32(63-39)24-52-19-21-59-22-20-52/h9-15,18,26,30-32,35-36,38-40,54,58H,16-17,19-25H2,1-8H3,(H,51,57)/b37-33+/t26?,30-,31+,32+,35-,36+,38-,39?,40-,46+,47-,48+/m0/s1. The van der Waals surface area contributed by atoms with Crippen molar-refractivity contribution in [3.63, 3.8) is 0 Å². The lowest BCUT2D eigenvalue weighted by atomic mass is 9.45. The van der Waals surface area contributed by atoms with Crippen LogP contribution in [0.3, 0.4) is 0 Å². The third-order valence-corrected chi connectivity index (χ3v) is 14.6. The zero-order valence-electron chi connectivity index (χ0n) is 38.7. The number of pyridine rings is 1. The molecule has 3 N–H and O–H groups in total. The summed E-state index contributed by atoms with van der Waals surface area (Å²) in [5.41, 5.74) is -6.69. The molecule has 2 unspecified atom stereocenters. The Bertz CT molecular complexity index is 2210. The monoisotopic (exact) mass is 923 g/mol. The Morgan fingerprint density at radius 3 is 2.39 bits per heavy atom. The van der Waals surface area contributed by atoms with Crippen LogP contribution < -0.4 is 5.32 Å². The van der Waals surface area contributed by atoms with Crippen molar-refractivity contribution in [3.8, 4) is 0 Å². The first kappa shape index (κ1) is 47.8. The van der Waals surface area contributed by atoms with Gasteiger partial charge in [0.2, 0.25) is 6.29 Å². The van der Waals surface area contributed by atoms with Gasteiger partial charge in [-0.1, -0.05) is 45.9 Å². The molecule has 2 aromatic rings. The fourth-order valence-corrected chi connectivity index (χ4v) is 11.4. The first-order chi connectivity index (χ1) is 31.1. The molecule has 17 nitrogen and oxygen atoms in total. The van der Waals surface area contributed by atoms with E-state index in [1.807, 2.05) is 13.8 Å². The van der Waals surface area contributed by atoms with Gasteiger partial charge < -0.3 is 53.4 Å². The molecule has 18 heteroatoms. The summed E-state index contributed by atoms with van der Waals surface area (Å²) < 4.78 is 65.8. The molecular formula is C48H62FN3O14. The molecule has 66 heavy (non-hydrogen) atoms. The number of aliphatic hydroxyl groups is 2. The third kappa shape index (κ3) is 8.46. The minimum atomic E-state index is -2.24. The Balaban J connectivity index is 1.26. The summed E-state index contributed by atoms with van der Waals surface area (Å²) in [7, 11) is 0. The average Bonchev–Trinajstić information content (AvgIpc) is 3.66. The van der Waals surface area contributed by atoms with Crippen LogP contribution in [0.4, 0.5) is 9.18 Å². The van der Waals surface area contributed by atoms with Crippen LogP contribution in [0.5, 0.6) is 0 Å². The number of carbonyl (C=O) groups excluding carboxylic acids is 4. The summed E-state index contributed by atoms with van der Waals surface area (Å²) in [4.78, 5) is 61.5. The number of aliphatic hydroxyl groups excluding tert-OH is 1. The molecular weight excluding hydrogens is 862 g/mol. The van der Waals surface area contributed by atoms with Crippen molar-refractivity contribution in [2.45, 2.75) is 134 Å². The first-order valence-electron chi connectivity index (χ1n) is 22.7. The molecule has 1 aromatic heterocycles. The van der Waals surface area contributed by atoms with Gasteiger partial charge in [0.05, 0.1) is 37.8 Å². The lowest BCUT2D eigenvalue weighted by molar-refractivity contribution is -0.344. The molecule has 3 saturated heterocycles. The SMILES string of the molecule is CC(=O)O[C@@]12CO[C@@H]1CC[C@@]1(C)C3O[C@H](CN4CCOCC4)O/C3=C3\C(C)[C@@H](OC(=O)[C@H](O)[C@@H](NC(=O)OC(C)(C)C)c4ncccc4F)C[C@@](O)([C@@H](OC(=O)c4ccccc4)[C@H]21)C3(C)C. The summed E-state index contributed by atoms with van der Waals surface area (Å²) >= 11 is 0. The number of hydrogen-bond donors (Lipinski definition) is 3. The number of hydrogen-bond acceptors (Lipinski definition) is 16. The Labute approximate surface area is 383 Å². The van der Waals surface area contributed by atoms with E-state index in [4.69, 9.17) is 37.9 Å². The predicted octanol–water partition coefficient (Wildman–Crippen LogP) is 4.54. The van der Waals surface area contributed by atoms with Crippen LogP contribution in [0.2, 0.25) is 0 Å². The molecule has 0 spiro atoms. The van der Waals surface area contributed by atoms with Crippen molar-refractivity contribution in [2.24, 2.45) is 22.7 Å². The van der Waals surface area contributed by atoms with Crippen molar-refractivity contribution in [1.29, 1.82) is 0 Å². The minimum Gasteiger partial charge on any atom is -0.465 e. The van der Waals surface area contributed by atoms with Crippen molar-refractivity contribution in [1.82, 2.24) is 15.2 Å². The number of fused-ring (bicyclic) bond motifs is 7. The van der Waals surface area contributed by atoms with Crippen molar-refractivity contribution >= 4 is 24.0 Å². The number of amides is 1. The second-order valence-corrected chi connectivity index (χ2v) is 20.3. The fraction of sp³-hybridized carbons (Fsp3) is 0.646. The Kier molecular flexibility index (Phi) is 12.8. The molecule has 5 fully saturated rings. The number of aromatic nitrogens is 1. The molecule has 1 aromatic carbocycles. The molecule has 3 aliphatic heterocycles. The second kappa shape index (κ2) is 17.7. The van der Waals surface area contributed by atoms with Gasteiger partial charge in [0, 0.05) is 49.4 Å². The second-order valence-electron chi connectivity index (χ2n) is 20.3. The molecule has 0 radical (unpaired) electrons. The number of carbonyl (C=O) groups is 4. The van der Waals surface area contributed by atoms with Crippen LogP contribution in [0, 0.1) is 28.5 Å². The highest BCUT2D eigenvalue weighted by Gasteiger charge is 2.77. The minimum absolute atomic E-state index is 0.0682. The van der Waals surface area contributed by atoms with Crippen LogP contribution in [-0.2, 0) is 47.5 Å². The van der Waals surface area contributed by atoms with Crippen LogP contribution in [0.1, 0.15) is 96.7 Å². The molecule has 4 heterocycles. The smallest absolute Gasteiger partial charge is 0.408 e. The van der Waals surface area contributed by atoms with Gasteiger partial charge >= 0.3 is 24.0 Å². The van der Waals surface area contributed by atoms with E-state index in [9.17, 15) is 29.4 Å². The maximum Gasteiger partial charge on any atom is 0.408 e. The van der Waals surface area contributed by atoms with E-state index in [0.29, 0.717) is 57.0 Å². The van der Waals surface area contributed by atoms with Gasteiger partial charge in [0.1, 0.15) is 58.9 Å². The summed E-state index contributed by atoms with van der Waals surface area (Å²) in [5.74, 6) is -4.91. The lowest BCUT2D eigenvalue weighted by Crippen LogP contribution is -2.79. The molecule has 3 aliphatic carbocycles. The van der Waals surface area contributed by atoms with Crippen LogP contribution in [0.15, 0.2) is 60.0 Å². The van der Waals surface area contributed by atoms with Gasteiger partial charge in [-0.15, -0.1) is 0 Å². The first-order valence-corrected chi connectivity index (χ1v) is 22.7. The number of halogens is 1. The summed E-state index contributed by atoms with van der Waals surface area (Å²) in [6.45, 7) is 16.2. The maximum atomic E-state index is 15.4. The van der Waals surface area contributed by atoms with E-state index in [-0.39, 0.29) is 18.6 Å². The van der Waals surface area contributed by atoms with Gasteiger partial charge in [0.25, 0.3) is 0 Å². The van der Waals surface area contributed by atoms with Crippen molar-refractivity contribution in [2.75, 3.05) is 39.5 Å². The van der Waals surface area contributed by atoms with Crippen molar-refractivity contribution in [3.05, 3.63) is 77.1 Å². The zero-order chi connectivity index (χ0) is 47.6. The maximum absolute atomic E-state index is 15.4. The van der Waals surface area contributed by atoms with E-state index in [0.717, 1.165) is 6.07 Å². The molecule has 2 saturated carbocycles. The summed E-state index contributed by atoms with van der Waals surface area (Å²) in [5, 5.41) is 28.1. The molecule has 12 atom stereocenters. The highest BCUT2D eigenvalue weighted by atomic mass is 19.1. The Morgan fingerprint density at radius 1 is 1.05 bits per heavy atom. The van der Waals surface area contributed by atoms with Gasteiger partial charge in [-0.2, -0.15) is 0 Å². The number of esters is 3.